The molecule has 0 aromatic carbocycles. The molecule has 0 aliphatic heterocycles. The molecule has 2 aromatic rings. The minimum absolute atomic E-state index is 0.0239. The Balaban J connectivity index is 2.46. The first-order valence-electron chi connectivity index (χ1n) is 5.37. The highest BCUT2D eigenvalue weighted by Gasteiger charge is 2.22. The number of rotatable bonds is 4. The fourth-order valence-electron chi connectivity index (χ4n) is 1.60. The van der Waals surface area contributed by atoms with E-state index in [1.54, 1.807) is 0 Å². The molecule has 0 bridgehead atoms. The second-order valence-electron chi connectivity index (χ2n) is 3.91. The molecule has 0 atom stereocenters. The van der Waals surface area contributed by atoms with Gasteiger partial charge in [0.25, 0.3) is 10.0 Å². The molecule has 0 amide bonds. The zero-order valence-corrected chi connectivity index (χ0v) is 11.5. The van der Waals surface area contributed by atoms with Crippen molar-refractivity contribution in [3.63, 3.8) is 0 Å². The van der Waals surface area contributed by atoms with Gasteiger partial charge in [-0.05, 0) is 6.07 Å². The third-order valence-corrected chi connectivity index (χ3v) is 4.02. The maximum Gasteiger partial charge on any atom is 0.280 e. The largest absolute Gasteiger partial charge is 0.409 e. The summed E-state index contributed by atoms with van der Waals surface area (Å²) in [6.07, 6.45) is 2.65. The van der Waals surface area contributed by atoms with Crippen LogP contribution in [-0.2, 0) is 24.1 Å². The Morgan fingerprint density at radius 3 is 2.65 bits per heavy atom. The van der Waals surface area contributed by atoms with Crippen molar-refractivity contribution in [2.24, 2.45) is 25.0 Å². The van der Waals surface area contributed by atoms with E-state index in [0.717, 1.165) is 0 Å². The molecule has 108 valence electrons. The Morgan fingerprint density at radius 1 is 1.40 bits per heavy atom. The number of nitrogens with zero attached hydrogens (tertiary/aromatic N) is 5. The smallest absolute Gasteiger partial charge is 0.280 e. The highest BCUT2D eigenvalue weighted by Crippen LogP contribution is 2.18. The van der Waals surface area contributed by atoms with E-state index in [1.807, 2.05) is 0 Å². The first-order chi connectivity index (χ1) is 9.36. The van der Waals surface area contributed by atoms with Crippen molar-refractivity contribution in [1.82, 2.24) is 19.6 Å². The molecule has 0 radical (unpaired) electrons. The molecule has 11 heteroatoms. The third kappa shape index (κ3) is 2.30. The summed E-state index contributed by atoms with van der Waals surface area (Å²) in [5.74, 6) is -0.165. The van der Waals surface area contributed by atoms with E-state index in [1.165, 1.54) is 41.9 Å². The quantitative estimate of drug-likeness (QED) is 0.288. The minimum Gasteiger partial charge on any atom is -0.409 e. The van der Waals surface area contributed by atoms with E-state index in [0.29, 0.717) is 0 Å². The molecule has 2 rings (SSSR count). The van der Waals surface area contributed by atoms with E-state index in [2.05, 4.69) is 20.1 Å². The highest BCUT2D eigenvalue weighted by molar-refractivity contribution is 7.92. The fourth-order valence-corrected chi connectivity index (χ4v) is 2.84. The number of hydrogen-bond acceptors (Lipinski definition) is 6. The van der Waals surface area contributed by atoms with Crippen LogP contribution in [0.15, 0.2) is 28.6 Å². The molecule has 0 aliphatic rings. The van der Waals surface area contributed by atoms with Gasteiger partial charge in [-0.15, -0.1) is 0 Å². The van der Waals surface area contributed by atoms with Crippen LogP contribution in [0.3, 0.4) is 0 Å². The summed E-state index contributed by atoms with van der Waals surface area (Å²) < 4.78 is 29.3. The molecule has 0 saturated carbocycles. The molecular weight excluding hydrogens is 286 g/mol. The average Bonchev–Trinajstić information content (AvgIpc) is 2.96. The maximum absolute atomic E-state index is 12.2. The lowest BCUT2D eigenvalue weighted by atomic mass is 10.3. The van der Waals surface area contributed by atoms with Crippen molar-refractivity contribution in [1.29, 1.82) is 0 Å². The number of aryl methyl sites for hydroxylation is 2. The lowest BCUT2D eigenvalue weighted by Gasteiger charge is -2.09. The maximum atomic E-state index is 12.2. The summed E-state index contributed by atoms with van der Waals surface area (Å²) in [4.78, 5) is 0. The Kier molecular flexibility index (Phi) is 3.36. The molecule has 2 aromatic heterocycles. The van der Waals surface area contributed by atoms with Crippen molar-refractivity contribution >= 4 is 21.7 Å². The molecule has 10 nitrogen and oxygen atoms in total. The number of aromatic nitrogens is 4. The van der Waals surface area contributed by atoms with E-state index < -0.39 is 10.0 Å². The lowest BCUT2D eigenvalue weighted by molar-refractivity contribution is 0.318. The van der Waals surface area contributed by atoms with E-state index in [-0.39, 0.29) is 22.2 Å². The standard InChI is InChI=1S/C9H13N7O3S/c1-15-7(3-4-11-15)20(18,19)14-9-6(8(10)13-17)5-12-16(9)2/h3-5,14,17H,1-2H3,(H2,10,13). The van der Waals surface area contributed by atoms with Gasteiger partial charge >= 0.3 is 0 Å². The monoisotopic (exact) mass is 299 g/mol. The topological polar surface area (TPSA) is 140 Å². The van der Waals surface area contributed by atoms with Crippen molar-refractivity contribution in [2.75, 3.05) is 4.72 Å². The summed E-state index contributed by atoms with van der Waals surface area (Å²) in [7, 11) is -0.835. The highest BCUT2D eigenvalue weighted by atomic mass is 32.2. The summed E-state index contributed by atoms with van der Waals surface area (Å²) >= 11 is 0. The van der Waals surface area contributed by atoms with Crippen molar-refractivity contribution in [3.05, 3.63) is 24.0 Å². The van der Waals surface area contributed by atoms with Crippen LogP contribution in [0.2, 0.25) is 0 Å². The molecular formula is C9H13N7O3S. The zero-order chi connectivity index (χ0) is 14.9. The molecule has 0 aliphatic carbocycles. The zero-order valence-electron chi connectivity index (χ0n) is 10.7. The Hall–Kier alpha value is -2.56. The SMILES string of the molecule is Cn1nccc1S(=O)(=O)Nc1c(C(N)=NO)cnn1C. The van der Waals surface area contributed by atoms with Gasteiger partial charge in [0.1, 0.15) is 5.82 Å². The van der Waals surface area contributed by atoms with Crippen molar-refractivity contribution in [2.45, 2.75) is 5.03 Å². The first-order valence-corrected chi connectivity index (χ1v) is 6.86. The van der Waals surface area contributed by atoms with Crippen LogP contribution < -0.4 is 10.5 Å². The molecule has 20 heavy (non-hydrogen) atoms. The van der Waals surface area contributed by atoms with Gasteiger partial charge in [0, 0.05) is 14.1 Å². The van der Waals surface area contributed by atoms with E-state index in [4.69, 9.17) is 10.9 Å². The molecule has 0 unspecified atom stereocenters. The van der Waals surface area contributed by atoms with Gasteiger partial charge in [-0.25, -0.2) is 0 Å². The van der Waals surface area contributed by atoms with Crippen LogP contribution in [0.25, 0.3) is 0 Å². The predicted octanol–water partition coefficient (Wildman–Crippen LogP) is -0.951. The molecule has 2 heterocycles. The molecule has 0 spiro atoms. The van der Waals surface area contributed by atoms with Crippen LogP contribution in [0.4, 0.5) is 5.82 Å². The van der Waals surface area contributed by atoms with Gasteiger partial charge in [-0.3, -0.25) is 14.1 Å². The first kappa shape index (κ1) is 13.9. The molecule has 0 saturated heterocycles. The number of anilines is 1. The van der Waals surface area contributed by atoms with Crippen molar-refractivity contribution < 1.29 is 13.6 Å². The van der Waals surface area contributed by atoms with E-state index >= 15 is 0 Å². The predicted molar refractivity (Wildman–Crippen MR) is 69.7 cm³/mol. The van der Waals surface area contributed by atoms with Crippen LogP contribution >= 0.6 is 0 Å². The lowest BCUT2D eigenvalue weighted by Crippen LogP contribution is -2.22. The van der Waals surface area contributed by atoms with Crippen LogP contribution in [-0.4, -0.2) is 39.0 Å². The Morgan fingerprint density at radius 2 is 2.10 bits per heavy atom. The summed E-state index contributed by atoms with van der Waals surface area (Å²) in [6.45, 7) is 0. The van der Waals surface area contributed by atoms with Gasteiger partial charge in [-0.1, -0.05) is 5.16 Å². The van der Waals surface area contributed by atoms with Crippen molar-refractivity contribution in [3.8, 4) is 0 Å². The number of nitrogens with two attached hydrogens (primary N) is 1. The average molecular weight is 299 g/mol. The van der Waals surface area contributed by atoms with Gasteiger partial charge in [0.15, 0.2) is 10.9 Å². The van der Waals surface area contributed by atoms with Gasteiger partial charge in [0.2, 0.25) is 0 Å². The third-order valence-electron chi connectivity index (χ3n) is 2.60. The van der Waals surface area contributed by atoms with Gasteiger partial charge < -0.3 is 10.9 Å². The van der Waals surface area contributed by atoms with Gasteiger partial charge in [-0.2, -0.15) is 18.6 Å². The number of sulfonamides is 1. The summed E-state index contributed by atoms with van der Waals surface area (Å²) in [5.41, 5.74) is 5.64. The number of oxime groups is 1. The second-order valence-corrected chi connectivity index (χ2v) is 5.54. The summed E-state index contributed by atoms with van der Waals surface area (Å²) in [5, 5.41) is 19.2. The Labute approximate surface area is 114 Å². The molecule has 0 fully saturated rings. The Bertz CT molecular complexity index is 758. The normalized spacial score (nSPS) is 12.6. The van der Waals surface area contributed by atoms with E-state index in [9.17, 15) is 8.42 Å². The van der Waals surface area contributed by atoms with Crippen LogP contribution in [0.1, 0.15) is 5.56 Å². The number of hydrogen-bond donors (Lipinski definition) is 3. The van der Waals surface area contributed by atoms with Crippen LogP contribution in [0.5, 0.6) is 0 Å². The number of nitrogens with one attached hydrogen (secondary N) is 1. The van der Waals surface area contributed by atoms with Gasteiger partial charge in [0.05, 0.1) is 18.0 Å². The number of amidine groups is 1. The fraction of sp³-hybridized carbons (Fsp3) is 0.222. The van der Waals surface area contributed by atoms with Crippen LogP contribution in [0, 0.1) is 0 Å². The minimum atomic E-state index is -3.86. The summed E-state index contributed by atoms with van der Waals surface area (Å²) in [6, 6.07) is 1.35. The molecule has 4 N–H and O–H groups in total. The second kappa shape index (κ2) is 4.85.